The number of ether oxygens (including phenoxy) is 2. The molecular weight excluding hydrogens is 402 g/mol. The second-order valence-electron chi connectivity index (χ2n) is 7.32. The molecule has 0 aliphatic carbocycles. The van der Waals surface area contributed by atoms with Crippen LogP contribution in [0.25, 0.3) is 10.8 Å². The maximum Gasteiger partial charge on any atom is 0.349 e. The van der Waals surface area contributed by atoms with Crippen LogP contribution in [-0.4, -0.2) is 18.5 Å². The first-order valence-electron chi connectivity index (χ1n) is 10.3. The molecule has 1 amide bonds. The Bertz CT molecular complexity index is 1220. The van der Waals surface area contributed by atoms with Gasteiger partial charge < -0.3 is 14.8 Å². The van der Waals surface area contributed by atoms with Crippen LogP contribution in [0.5, 0.6) is 11.5 Å². The third-order valence-electron chi connectivity index (χ3n) is 5.02. The van der Waals surface area contributed by atoms with Crippen molar-refractivity contribution in [1.82, 2.24) is 5.32 Å². The topological polar surface area (TPSA) is 64.6 Å². The van der Waals surface area contributed by atoms with E-state index in [1.165, 1.54) is 6.92 Å². The fraction of sp³-hybridized carbons (Fsp3) is 0.111. The van der Waals surface area contributed by atoms with Crippen LogP contribution in [0.1, 0.15) is 24.1 Å². The van der Waals surface area contributed by atoms with E-state index in [-0.39, 0.29) is 12.5 Å². The van der Waals surface area contributed by atoms with Gasteiger partial charge in [-0.2, -0.15) is 0 Å². The zero-order valence-electron chi connectivity index (χ0n) is 17.7. The SMILES string of the molecule is CC(=O)N[C@H](c1ccccc1)c1c(OC(=O)COc2ccccc2)ccc2ccccc12. The van der Waals surface area contributed by atoms with Crippen molar-refractivity contribution < 1.29 is 19.1 Å². The summed E-state index contributed by atoms with van der Waals surface area (Å²) in [5.74, 6) is 0.257. The molecule has 0 radical (unpaired) electrons. The molecule has 0 fully saturated rings. The smallest absolute Gasteiger partial charge is 0.349 e. The Kier molecular flexibility index (Phi) is 6.46. The van der Waals surface area contributed by atoms with E-state index in [1.54, 1.807) is 18.2 Å². The zero-order valence-corrected chi connectivity index (χ0v) is 17.7. The molecule has 0 aliphatic rings. The van der Waals surface area contributed by atoms with Crippen LogP contribution < -0.4 is 14.8 Å². The molecule has 0 unspecified atom stereocenters. The minimum absolute atomic E-state index is 0.184. The molecule has 1 N–H and O–H groups in total. The maximum absolute atomic E-state index is 12.6. The van der Waals surface area contributed by atoms with Gasteiger partial charge in [0.1, 0.15) is 11.5 Å². The number of esters is 1. The third-order valence-corrected chi connectivity index (χ3v) is 5.02. The van der Waals surface area contributed by atoms with E-state index in [0.717, 1.165) is 21.9 Å². The summed E-state index contributed by atoms with van der Waals surface area (Å²) >= 11 is 0. The van der Waals surface area contributed by atoms with Crippen LogP contribution in [-0.2, 0) is 9.59 Å². The molecule has 0 aromatic heterocycles. The van der Waals surface area contributed by atoms with Crippen molar-refractivity contribution in [2.24, 2.45) is 0 Å². The number of para-hydroxylation sites is 1. The van der Waals surface area contributed by atoms with Crippen molar-refractivity contribution in [3.63, 3.8) is 0 Å². The zero-order chi connectivity index (χ0) is 22.3. The predicted molar refractivity (Wildman–Crippen MR) is 124 cm³/mol. The molecule has 1 atom stereocenters. The van der Waals surface area contributed by atoms with Crippen molar-refractivity contribution >= 4 is 22.6 Å². The van der Waals surface area contributed by atoms with Crippen LogP contribution >= 0.6 is 0 Å². The lowest BCUT2D eigenvalue weighted by Crippen LogP contribution is -2.28. The maximum atomic E-state index is 12.6. The van der Waals surface area contributed by atoms with Crippen LogP contribution in [0.15, 0.2) is 97.1 Å². The number of fused-ring (bicyclic) bond motifs is 1. The molecule has 4 aromatic rings. The molecule has 0 saturated carbocycles. The van der Waals surface area contributed by atoms with E-state index in [2.05, 4.69) is 5.32 Å². The molecule has 4 rings (SSSR count). The summed E-state index contributed by atoms with van der Waals surface area (Å²) in [4.78, 5) is 24.7. The first-order chi connectivity index (χ1) is 15.6. The van der Waals surface area contributed by atoms with Crippen LogP contribution in [0, 0.1) is 0 Å². The summed E-state index contributed by atoms with van der Waals surface area (Å²) < 4.78 is 11.3. The quantitative estimate of drug-likeness (QED) is 0.332. The molecule has 0 bridgehead atoms. The number of amides is 1. The second-order valence-corrected chi connectivity index (χ2v) is 7.32. The standard InChI is InChI=1S/C27H23NO4/c1-19(29)28-27(21-11-4-2-5-12-21)26-23-15-9-8-10-20(23)16-17-24(26)32-25(30)18-31-22-13-6-3-7-14-22/h2-17,27H,18H2,1H3,(H,28,29)/t27-/m1/s1. The van der Waals surface area contributed by atoms with Gasteiger partial charge in [0.15, 0.2) is 6.61 Å². The van der Waals surface area contributed by atoms with E-state index < -0.39 is 12.0 Å². The fourth-order valence-corrected chi connectivity index (χ4v) is 3.64. The molecule has 5 nitrogen and oxygen atoms in total. The van der Waals surface area contributed by atoms with Crippen LogP contribution in [0.3, 0.4) is 0 Å². The van der Waals surface area contributed by atoms with Gasteiger partial charge in [-0.25, -0.2) is 4.79 Å². The first kappa shape index (κ1) is 21.1. The number of nitrogens with one attached hydrogen (secondary N) is 1. The average Bonchev–Trinajstić information content (AvgIpc) is 2.82. The van der Waals surface area contributed by atoms with E-state index >= 15 is 0 Å². The normalized spacial score (nSPS) is 11.5. The number of hydrogen-bond acceptors (Lipinski definition) is 4. The van der Waals surface area contributed by atoms with Crippen LogP contribution in [0.2, 0.25) is 0 Å². The Morgan fingerprint density at radius 1 is 0.812 bits per heavy atom. The van der Waals surface area contributed by atoms with E-state index in [4.69, 9.17) is 9.47 Å². The minimum atomic E-state index is -0.528. The van der Waals surface area contributed by atoms with Gasteiger partial charge in [-0.05, 0) is 34.5 Å². The Morgan fingerprint density at radius 3 is 2.19 bits per heavy atom. The lowest BCUT2D eigenvalue weighted by Gasteiger charge is -2.23. The van der Waals surface area contributed by atoms with Gasteiger partial charge in [0.05, 0.1) is 6.04 Å². The minimum Gasteiger partial charge on any atom is -0.482 e. The molecule has 0 saturated heterocycles. The Hall–Kier alpha value is -4.12. The predicted octanol–water partition coefficient (Wildman–Crippen LogP) is 5.05. The van der Waals surface area contributed by atoms with Gasteiger partial charge in [0.2, 0.25) is 5.91 Å². The number of hydrogen-bond donors (Lipinski definition) is 1. The van der Waals surface area contributed by atoms with E-state index in [9.17, 15) is 9.59 Å². The van der Waals surface area contributed by atoms with Gasteiger partial charge in [-0.1, -0.05) is 78.9 Å². The molecule has 0 heterocycles. The number of benzene rings is 4. The molecule has 0 aliphatic heterocycles. The summed E-state index contributed by atoms with van der Waals surface area (Å²) in [5.41, 5.74) is 1.61. The number of carbonyl (C=O) groups excluding carboxylic acids is 2. The summed E-state index contributed by atoms with van der Waals surface area (Å²) in [6.45, 7) is 1.24. The van der Waals surface area contributed by atoms with Gasteiger partial charge in [0, 0.05) is 12.5 Å². The Balaban J connectivity index is 1.71. The average molecular weight is 425 g/mol. The lowest BCUT2D eigenvalue weighted by molar-refractivity contribution is -0.136. The molecule has 160 valence electrons. The molecular formula is C27H23NO4. The number of carbonyl (C=O) groups is 2. The fourth-order valence-electron chi connectivity index (χ4n) is 3.64. The van der Waals surface area contributed by atoms with Crippen molar-refractivity contribution in [3.05, 3.63) is 108 Å². The second kappa shape index (κ2) is 9.79. The summed E-state index contributed by atoms with van der Waals surface area (Å²) in [6.07, 6.45) is 0. The van der Waals surface area contributed by atoms with Gasteiger partial charge >= 0.3 is 5.97 Å². The van der Waals surface area contributed by atoms with Gasteiger partial charge in [0.25, 0.3) is 0 Å². The molecule has 4 aromatic carbocycles. The Morgan fingerprint density at radius 2 is 1.47 bits per heavy atom. The summed E-state index contributed by atoms with van der Waals surface area (Å²) in [6, 6.07) is 29.7. The first-order valence-corrected chi connectivity index (χ1v) is 10.3. The van der Waals surface area contributed by atoms with E-state index in [0.29, 0.717) is 11.5 Å². The molecule has 5 heteroatoms. The van der Waals surface area contributed by atoms with Crippen molar-refractivity contribution in [2.75, 3.05) is 6.61 Å². The lowest BCUT2D eigenvalue weighted by atomic mass is 9.92. The monoisotopic (exact) mass is 425 g/mol. The number of rotatable bonds is 7. The van der Waals surface area contributed by atoms with Crippen molar-refractivity contribution in [2.45, 2.75) is 13.0 Å². The third kappa shape index (κ3) is 4.95. The highest BCUT2D eigenvalue weighted by atomic mass is 16.6. The molecule has 0 spiro atoms. The van der Waals surface area contributed by atoms with Crippen molar-refractivity contribution in [3.8, 4) is 11.5 Å². The highest BCUT2D eigenvalue weighted by Crippen LogP contribution is 2.36. The Labute approximate surface area is 186 Å². The van der Waals surface area contributed by atoms with Gasteiger partial charge in [-0.3, -0.25) is 4.79 Å². The molecule has 32 heavy (non-hydrogen) atoms. The summed E-state index contributed by atoms with van der Waals surface area (Å²) in [5, 5.41) is 4.89. The van der Waals surface area contributed by atoms with Crippen LogP contribution in [0.4, 0.5) is 0 Å². The van der Waals surface area contributed by atoms with Crippen molar-refractivity contribution in [1.29, 1.82) is 0 Å². The largest absolute Gasteiger partial charge is 0.482 e. The van der Waals surface area contributed by atoms with E-state index in [1.807, 2.05) is 78.9 Å². The summed E-state index contributed by atoms with van der Waals surface area (Å²) in [7, 11) is 0. The highest BCUT2D eigenvalue weighted by Gasteiger charge is 2.23. The highest BCUT2D eigenvalue weighted by molar-refractivity contribution is 5.90. The van der Waals surface area contributed by atoms with Gasteiger partial charge in [-0.15, -0.1) is 0 Å².